The average molecular weight is 620 g/mol. The monoisotopic (exact) mass is 619 g/mol. The predicted octanol–water partition coefficient (Wildman–Crippen LogP) is 6.28. The van der Waals surface area contributed by atoms with Crippen molar-refractivity contribution in [1.29, 1.82) is 0 Å². The molecule has 1 saturated carbocycles. The maximum absolute atomic E-state index is 14.3. The summed E-state index contributed by atoms with van der Waals surface area (Å²) in [7, 11) is 0. The lowest BCUT2D eigenvalue weighted by Crippen LogP contribution is -2.44. The number of carbonyl (C=O) groups excluding carboxylic acids is 3. The number of nitrogen functional groups attached to an aromatic ring is 1. The predicted molar refractivity (Wildman–Crippen MR) is 167 cm³/mol. The number of aromatic nitrogens is 1. The summed E-state index contributed by atoms with van der Waals surface area (Å²) in [6, 6.07) is 19.9. The van der Waals surface area contributed by atoms with Crippen LogP contribution in [0.25, 0.3) is 0 Å². The molecule has 5 rings (SSSR count). The molecule has 43 heavy (non-hydrogen) atoms. The minimum absolute atomic E-state index is 0.00622. The molecule has 3 aromatic carbocycles. The number of carbonyl (C=O) groups is 3. The average Bonchev–Trinajstić information content (AvgIpc) is 3.42. The molecule has 0 spiro atoms. The third kappa shape index (κ3) is 7.21. The van der Waals surface area contributed by atoms with Crippen molar-refractivity contribution in [2.24, 2.45) is 0 Å². The van der Waals surface area contributed by atoms with Crippen molar-refractivity contribution in [3.63, 3.8) is 0 Å². The molecule has 4 aromatic rings. The zero-order chi connectivity index (χ0) is 30.3. The van der Waals surface area contributed by atoms with E-state index in [1.165, 1.54) is 29.2 Å². The number of nitrogens with zero attached hydrogens (tertiary/aromatic N) is 2. The number of halogens is 2. The Hall–Kier alpha value is -4.28. The maximum Gasteiger partial charge on any atom is 0.273 e. The number of nitrogens with one attached hydrogen (secondary N) is 2. The summed E-state index contributed by atoms with van der Waals surface area (Å²) < 4.78 is 18.2. The largest absolute Gasteiger partial charge is 0.395 e. The van der Waals surface area contributed by atoms with Crippen LogP contribution < -0.4 is 21.3 Å². The molecular weight excluding hydrogens is 589 g/mol. The molecule has 1 heterocycles. The second-order valence-corrected chi connectivity index (χ2v) is 11.6. The van der Waals surface area contributed by atoms with Crippen LogP contribution in [0.1, 0.15) is 69.4 Å². The number of anilines is 2. The van der Waals surface area contributed by atoms with Gasteiger partial charge in [0, 0.05) is 23.3 Å². The quantitative estimate of drug-likeness (QED) is 0.204. The Morgan fingerprint density at radius 3 is 2.33 bits per heavy atom. The third-order valence-corrected chi connectivity index (χ3v) is 8.51. The van der Waals surface area contributed by atoms with Gasteiger partial charge in [-0.15, -0.1) is 0 Å². The smallest absolute Gasteiger partial charge is 0.273 e. The first kappa shape index (κ1) is 30.2. The summed E-state index contributed by atoms with van der Waals surface area (Å²) in [5, 5.41) is 6.32. The molecule has 3 amide bonds. The van der Waals surface area contributed by atoms with E-state index in [4.69, 9.17) is 17.3 Å². The van der Waals surface area contributed by atoms with E-state index in [-0.39, 0.29) is 28.8 Å². The molecule has 0 saturated heterocycles. The topological polar surface area (TPSA) is 117 Å². The van der Waals surface area contributed by atoms with Gasteiger partial charge in [-0.2, -0.15) is 4.37 Å². The lowest BCUT2D eigenvalue weighted by atomic mass is 9.95. The Balaban J connectivity index is 1.52. The Kier molecular flexibility index (Phi) is 9.68. The Morgan fingerprint density at radius 2 is 1.65 bits per heavy atom. The molecule has 1 aliphatic rings. The van der Waals surface area contributed by atoms with Crippen LogP contribution in [0.3, 0.4) is 0 Å². The lowest BCUT2D eigenvalue weighted by Gasteiger charge is -2.31. The van der Waals surface area contributed by atoms with Crippen LogP contribution in [0.2, 0.25) is 5.02 Å². The maximum atomic E-state index is 14.3. The molecule has 1 fully saturated rings. The Labute approximate surface area is 258 Å². The van der Waals surface area contributed by atoms with Crippen molar-refractivity contribution in [2.45, 2.75) is 50.7 Å². The van der Waals surface area contributed by atoms with E-state index < -0.39 is 29.6 Å². The lowest BCUT2D eigenvalue weighted by molar-refractivity contribution is -0.122. The number of amides is 3. The minimum atomic E-state index is -1.22. The number of hydrogen-bond donors (Lipinski definition) is 3. The first-order valence-electron chi connectivity index (χ1n) is 14.0. The molecule has 222 valence electrons. The van der Waals surface area contributed by atoms with E-state index in [1.807, 2.05) is 30.3 Å². The van der Waals surface area contributed by atoms with Gasteiger partial charge in [0.15, 0.2) is 5.69 Å². The van der Waals surface area contributed by atoms with E-state index in [1.54, 1.807) is 24.3 Å². The van der Waals surface area contributed by atoms with Crippen molar-refractivity contribution in [3.05, 3.63) is 111 Å². The second kappa shape index (κ2) is 13.8. The van der Waals surface area contributed by atoms with Gasteiger partial charge < -0.3 is 16.4 Å². The van der Waals surface area contributed by atoms with Crippen molar-refractivity contribution in [2.75, 3.05) is 10.6 Å². The second-order valence-electron chi connectivity index (χ2n) is 10.4. The van der Waals surface area contributed by atoms with Crippen molar-refractivity contribution >= 4 is 52.2 Å². The van der Waals surface area contributed by atoms with E-state index in [0.29, 0.717) is 16.3 Å². The first-order valence-corrected chi connectivity index (χ1v) is 15.2. The van der Waals surface area contributed by atoms with Crippen LogP contribution in [-0.4, -0.2) is 28.1 Å². The standard InChI is InChI=1S/C32H31ClFN5O3S/c33-22-13-17-25(18-14-22)39(32(42)29-26(35)27(38-43-29)30(40)37-24-9-5-2-6-10-24)28(21-11-15-23(34)16-12-21)31(41)36-19-20-7-3-1-4-8-20/h1,3-4,7-8,11-18,24,28H,2,5-6,9-10,19,35H2,(H,36,41)(H,37,40)/t28-/m0/s1. The highest BCUT2D eigenvalue weighted by Crippen LogP contribution is 2.34. The fourth-order valence-corrected chi connectivity index (χ4v) is 6.02. The highest BCUT2D eigenvalue weighted by molar-refractivity contribution is 7.09. The van der Waals surface area contributed by atoms with Gasteiger partial charge in [0.25, 0.3) is 11.8 Å². The summed E-state index contributed by atoms with van der Waals surface area (Å²) in [5.41, 5.74) is 7.87. The summed E-state index contributed by atoms with van der Waals surface area (Å²) in [5.74, 6) is -2.07. The molecule has 11 heteroatoms. The zero-order valence-corrected chi connectivity index (χ0v) is 24.8. The van der Waals surface area contributed by atoms with E-state index >= 15 is 0 Å². The van der Waals surface area contributed by atoms with Gasteiger partial charge in [-0.25, -0.2) is 4.39 Å². The third-order valence-electron chi connectivity index (χ3n) is 7.40. The SMILES string of the molecule is Nc1c(C(=O)NC2CCCCC2)nsc1C(=O)N(c1ccc(Cl)cc1)[C@H](C(=O)NCc1ccccc1)c1ccc(F)cc1. The molecule has 0 unspecified atom stereocenters. The molecule has 0 radical (unpaired) electrons. The van der Waals surface area contributed by atoms with Gasteiger partial charge in [-0.05, 0) is 71.9 Å². The molecule has 8 nitrogen and oxygen atoms in total. The summed E-state index contributed by atoms with van der Waals surface area (Å²) in [6.07, 6.45) is 4.97. The molecule has 1 aromatic heterocycles. The summed E-state index contributed by atoms with van der Waals surface area (Å²) in [6.45, 7) is 0.203. The van der Waals surface area contributed by atoms with Crippen LogP contribution in [0.5, 0.6) is 0 Å². The van der Waals surface area contributed by atoms with Crippen LogP contribution in [0.4, 0.5) is 15.8 Å². The van der Waals surface area contributed by atoms with Crippen molar-refractivity contribution < 1.29 is 18.8 Å². The van der Waals surface area contributed by atoms with Crippen LogP contribution in [0.15, 0.2) is 78.9 Å². The fraction of sp³-hybridized carbons (Fsp3) is 0.250. The highest BCUT2D eigenvalue weighted by atomic mass is 35.5. The van der Waals surface area contributed by atoms with Crippen LogP contribution in [-0.2, 0) is 11.3 Å². The van der Waals surface area contributed by atoms with Crippen molar-refractivity contribution in [1.82, 2.24) is 15.0 Å². The minimum Gasteiger partial charge on any atom is -0.395 e. The van der Waals surface area contributed by atoms with Crippen molar-refractivity contribution in [3.8, 4) is 0 Å². The molecule has 0 bridgehead atoms. The Morgan fingerprint density at radius 1 is 0.977 bits per heavy atom. The van der Waals surface area contributed by atoms with E-state index in [2.05, 4.69) is 15.0 Å². The number of benzene rings is 3. The van der Waals surface area contributed by atoms with Gasteiger partial charge in [0.05, 0.1) is 5.69 Å². The van der Waals surface area contributed by atoms with Crippen LogP contribution >= 0.6 is 23.1 Å². The Bertz CT molecular complexity index is 1580. The van der Waals surface area contributed by atoms with E-state index in [0.717, 1.165) is 49.2 Å². The summed E-state index contributed by atoms with van der Waals surface area (Å²) in [4.78, 5) is 42.6. The normalized spacial score (nSPS) is 14.1. The number of rotatable bonds is 9. The van der Waals surface area contributed by atoms with Gasteiger partial charge in [0.1, 0.15) is 16.7 Å². The highest BCUT2D eigenvalue weighted by Gasteiger charge is 2.36. The molecule has 1 aliphatic carbocycles. The number of nitrogens with two attached hydrogens (primary N) is 1. The van der Waals surface area contributed by atoms with E-state index in [9.17, 15) is 18.8 Å². The van der Waals surface area contributed by atoms with Gasteiger partial charge >= 0.3 is 0 Å². The number of hydrogen-bond acceptors (Lipinski definition) is 6. The van der Waals surface area contributed by atoms with Crippen LogP contribution in [0, 0.1) is 5.82 Å². The van der Waals surface area contributed by atoms with Gasteiger partial charge in [-0.3, -0.25) is 19.3 Å². The molecule has 4 N–H and O–H groups in total. The molecular formula is C32H31ClFN5O3S. The first-order chi connectivity index (χ1) is 20.8. The zero-order valence-electron chi connectivity index (χ0n) is 23.3. The summed E-state index contributed by atoms with van der Waals surface area (Å²) >= 11 is 6.95. The van der Waals surface area contributed by atoms with Gasteiger partial charge in [-0.1, -0.05) is 73.3 Å². The molecule has 1 atom stereocenters. The van der Waals surface area contributed by atoms with Gasteiger partial charge in [0.2, 0.25) is 5.91 Å². The molecule has 0 aliphatic heterocycles. The fourth-order valence-electron chi connectivity index (χ4n) is 5.16.